The molecule has 2 N–H and O–H groups in total. The molecule has 18 heavy (non-hydrogen) atoms. The van der Waals surface area contributed by atoms with Crippen molar-refractivity contribution in [2.75, 3.05) is 24.6 Å². The minimum absolute atomic E-state index is 0.0841. The number of hydrogen-bond acceptors (Lipinski definition) is 5. The highest BCUT2D eigenvalue weighted by Gasteiger charge is 2.33. The van der Waals surface area contributed by atoms with Crippen molar-refractivity contribution in [1.29, 1.82) is 0 Å². The number of nitrogens with zero attached hydrogens (tertiary/aromatic N) is 3. The number of rotatable bonds is 2. The van der Waals surface area contributed by atoms with E-state index in [2.05, 4.69) is 5.10 Å². The van der Waals surface area contributed by atoms with Crippen molar-refractivity contribution >= 4 is 27.6 Å². The summed E-state index contributed by atoms with van der Waals surface area (Å²) < 4.78 is 28.2. The number of sulfonamides is 1. The first kappa shape index (κ1) is 13.7. The molecule has 1 aliphatic rings. The van der Waals surface area contributed by atoms with E-state index in [0.717, 1.165) is 5.75 Å². The Morgan fingerprint density at radius 1 is 1.50 bits per heavy atom. The summed E-state index contributed by atoms with van der Waals surface area (Å²) in [6.07, 6.45) is 0. The van der Waals surface area contributed by atoms with Crippen LogP contribution in [0.3, 0.4) is 0 Å². The maximum Gasteiger partial charge on any atom is 0.248 e. The fourth-order valence-corrected chi connectivity index (χ4v) is 5.11. The predicted octanol–water partition coefficient (Wildman–Crippen LogP) is 0.437. The van der Waals surface area contributed by atoms with Crippen molar-refractivity contribution in [3.8, 4) is 0 Å². The molecule has 1 aliphatic heterocycles. The standard InChI is InChI=1S/C10H18N4O2S2/c1-7-6-14(4-5-17-7)18(15,16)9-8(2)13(3)12-10(9)11/h7H,4-6H2,1-3H3,(H2,11,12). The lowest BCUT2D eigenvalue weighted by atomic mass is 10.4. The van der Waals surface area contributed by atoms with Crippen LogP contribution in [0.15, 0.2) is 4.90 Å². The maximum atomic E-state index is 12.6. The number of anilines is 1. The summed E-state index contributed by atoms with van der Waals surface area (Å²) in [5, 5.41) is 4.29. The van der Waals surface area contributed by atoms with Crippen molar-refractivity contribution in [3.63, 3.8) is 0 Å². The van der Waals surface area contributed by atoms with Crippen molar-refractivity contribution in [2.24, 2.45) is 7.05 Å². The van der Waals surface area contributed by atoms with E-state index in [1.165, 1.54) is 8.99 Å². The molecule has 102 valence electrons. The van der Waals surface area contributed by atoms with Gasteiger partial charge in [-0.25, -0.2) is 8.42 Å². The van der Waals surface area contributed by atoms with E-state index >= 15 is 0 Å². The largest absolute Gasteiger partial charge is 0.381 e. The minimum Gasteiger partial charge on any atom is -0.381 e. The number of thioether (sulfide) groups is 1. The molecule has 0 aromatic carbocycles. The summed E-state index contributed by atoms with van der Waals surface area (Å²) in [4.78, 5) is 0.157. The number of nitrogens with two attached hydrogens (primary N) is 1. The van der Waals surface area contributed by atoms with Gasteiger partial charge in [0.25, 0.3) is 0 Å². The fourth-order valence-electron chi connectivity index (χ4n) is 2.07. The fraction of sp³-hybridized carbons (Fsp3) is 0.700. The van der Waals surface area contributed by atoms with Crippen LogP contribution in [0.1, 0.15) is 12.6 Å². The summed E-state index contributed by atoms with van der Waals surface area (Å²) >= 11 is 1.79. The van der Waals surface area contributed by atoms with Crippen molar-refractivity contribution in [3.05, 3.63) is 5.69 Å². The van der Waals surface area contributed by atoms with Gasteiger partial charge in [0.15, 0.2) is 5.82 Å². The Balaban J connectivity index is 2.42. The molecule has 1 aromatic rings. The first-order valence-corrected chi connectivity index (χ1v) is 8.23. The van der Waals surface area contributed by atoms with Crippen LogP contribution in [-0.2, 0) is 17.1 Å². The Labute approximate surface area is 112 Å². The topological polar surface area (TPSA) is 81.2 Å². The molecular weight excluding hydrogens is 272 g/mol. The van der Waals surface area contributed by atoms with Crippen LogP contribution in [0.25, 0.3) is 0 Å². The molecule has 0 spiro atoms. The first-order valence-electron chi connectivity index (χ1n) is 5.75. The number of aryl methyl sites for hydroxylation is 1. The lowest BCUT2D eigenvalue weighted by Gasteiger charge is -2.29. The molecule has 6 nitrogen and oxygen atoms in total. The van der Waals surface area contributed by atoms with E-state index < -0.39 is 10.0 Å². The Morgan fingerprint density at radius 3 is 2.67 bits per heavy atom. The molecule has 1 unspecified atom stereocenters. The number of nitrogen functional groups attached to an aromatic ring is 1. The highest BCUT2D eigenvalue weighted by atomic mass is 32.2. The second kappa shape index (κ2) is 4.75. The van der Waals surface area contributed by atoms with Gasteiger partial charge in [0.05, 0.1) is 5.69 Å². The van der Waals surface area contributed by atoms with Gasteiger partial charge in [-0.1, -0.05) is 6.92 Å². The van der Waals surface area contributed by atoms with Crippen molar-refractivity contribution in [2.45, 2.75) is 24.0 Å². The predicted molar refractivity (Wildman–Crippen MR) is 73.0 cm³/mol. The zero-order valence-corrected chi connectivity index (χ0v) is 12.4. The van der Waals surface area contributed by atoms with Gasteiger partial charge in [-0.15, -0.1) is 0 Å². The Kier molecular flexibility index (Phi) is 3.61. The van der Waals surface area contributed by atoms with E-state index in [0.29, 0.717) is 24.0 Å². The molecule has 0 saturated carbocycles. The summed E-state index contributed by atoms with van der Waals surface area (Å²) in [7, 11) is -1.83. The van der Waals surface area contributed by atoms with Gasteiger partial charge < -0.3 is 5.73 Å². The third-order valence-electron chi connectivity index (χ3n) is 3.11. The van der Waals surface area contributed by atoms with Gasteiger partial charge in [-0.05, 0) is 6.92 Å². The molecular formula is C10H18N4O2S2. The maximum absolute atomic E-state index is 12.6. The van der Waals surface area contributed by atoms with E-state index in [4.69, 9.17) is 5.73 Å². The monoisotopic (exact) mass is 290 g/mol. The summed E-state index contributed by atoms with van der Waals surface area (Å²) in [6.45, 7) is 4.82. The normalized spacial score (nSPS) is 22.3. The molecule has 2 heterocycles. The molecule has 1 saturated heterocycles. The van der Waals surface area contributed by atoms with Crippen LogP contribution in [0, 0.1) is 6.92 Å². The Morgan fingerprint density at radius 2 is 2.17 bits per heavy atom. The van der Waals surface area contributed by atoms with Crippen LogP contribution in [-0.4, -0.2) is 46.6 Å². The van der Waals surface area contributed by atoms with E-state index in [9.17, 15) is 8.42 Å². The molecule has 1 atom stereocenters. The van der Waals surface area contributed by atoms with Gasteiger partial charge in [0.1, 0.15) is 4.90 Å². The molecule has 0 amide bonds. The van der Waals surface area contributed by atoms with E-state index in [1.807, 2.05) is 6.92 Å². The summed E-state index contributed by atoms with van der Waals surface area (Å²) in [5.74, 6) is 0.903. The Hall–Kier alpha value is -0.730. The second-order valence-corrected chi connectivity index (χ2v) is 7.89. The second-order valence-electron chi connectivity index (χ2n) is 4.47. The smallest absolute Gasteiger partial charge is 0.248 e. The highest BCUT2D eigenvalue weighted by molar-refractivity contribution is 8.00. The van der Waals surface area contributed by atoms with E-state index in [1.54, 1.807) is 25.7 Å². The molecule has 1 fully saturated rings. The quantitative estimate of drug-likeness (QED) is 0.854. The van der Waals surface area contributed by atoms with Gasteiger partial charge in [-0.3, -0.25) is 4.68 Å². The molecule has 0 radical (unpaired) electrons. The molecule has 8 heteroatoms. The SMILES string of the molecule is Cc1c(S(=O)(=O)N2CCSC(C)C2)c(N)nn1C. The van der Waals surface area contributed by atoms with Gasteiger partial charge in [0, 0.05) is 31.1 Å². The third kappa shape index (κ3) is 2.24. The lowest BCUT2D eigenvalue weighted by Crippen LogP contribution is -2.41. The number of aromatic nitrogens is 2. The van der Waals surface area contributed by atoms with Gasteiger partial charge in [-0.2, -0.15) is 21.2 Å². The third-order valence-corrected chi connectivity index (χ3v) is 6.27. The zero-order chi connectivity index (χ0) is 13.5. The lowest BCUT2D eigenvalue weighted by molar-refractivity contribution is 0.424. The van der Waals surface area contributed by atoms with Crippen LogP contribution in [0.2, 0.25) is 0 Å². The average molecular weight is 290 g/mol. The molecule has 0 aliphatic carbocycles. The summed E-state index contributed by atoms with van der Waals surface area (Å²) in [6, 6.07) is 0. The first-order chi connectivity index (χ1) is 8.34. The van der Waals surface area contributed by atoms with Crippen LogP contribution < -0.4 is 5.73 Å². The van der Waals surface area contributed by atoms with Gasteiger partial charge in [0.2, 0.25) is 10.0 Å². The van der Waals surface area contributed by atoms with Crippen LogP contribution in [0.5, 0.6) is 0 Å². The van der Waals surface area contributed by atoms with Crippen LogP contribution >= 0.6 is 11.8 Å². The number of hydrogen-bond donors (Lipinski definition) is 1. The Bertz CT molecular complexity index is 552. The van der Waals surface area contributed by atoms with Crippen molar-refractivity contribution in [1.82, 2.24) is 14.1 Å². The van der Waals surface area contributed by atoms with Gasteiger partial charge >= 0.3 is 0 Å². The zero-order valence-electron chi connectivity index (χ0n) is 10.8. The van der Waals surface area contributed by atoms with Crippen molar-refractivity contribution < 1.29 is 8.42 Å². The van der Waals surface area contributed by atoms with E-state index in [-0.39, 0.29) is 10.7 Å². The average Bonchev–Trinajstić information content (AvgIpc) is 2.53. The molecule has 2 rings (SSSR count). The highest BCUT2D eigenvalue weighted by Crippen LogP contribution is 2.28. The molecule has 0 bridgehead atoms. The summed E-state index contributed by atoms with van der Waals surface area (Å²) in [5.41, 5.74) is 6.31. The van der Waals surface area contributed by atoms with Crippen LogP contribution in [0.4, 0.5) is 5.82 Å². The molecule has 1 aromatic heterocycles. The minimum atomic E-state index is -3.52.